The second-order valence-electron chi connectivity index (χ2n) is 2.99. The summed E-state index contributed by atoms with van der Waals surface area (Å²) in [5, 5.41) is 0. The standard InChI is InChI=1S/C8H18O4.C4H10O/c1-9-3-5-11-7-8-12-6-4-10-2;1-3-5-4-2/h3-8H2,1-2H3;3-4H2,1-2H3. The van der Waals surface area contributed by atoms with Crippen LogP contribution < -0.4 is 0 Å². The summed E-state index contributed by atoms with van der Waals surface area (Å²) >= 11 is 0. The number of rotatable bonds is 11. The molecule has 17 heavy (non-hydrogen) atoms. The van der Waals surface area contributed by atoms with Gasteiger partial charge in [-0.25, -0.2) is 0 Å². The Morgan fingerprint density at radius 1 is 0.529 bits per heavy atom. The van der Waals surface area contributed by atoms with Crippen molar-refractivity contribution in [1.29, 1.82) is 0 Å². The topological polar surface area (TPSA) is 46.2 Å². The van der Waals surface area contributed by atoms with Crippen molar-refractivity contribution in [2.24, 2.45) is 0 Å². The van der Waals surface area contributed by atoms with Gasteiger partial charge in [-0.05, 0) is 13.8 Å². The molecule has 5 nitrogen and oxygen atoms in total. The van der Waals surface area contributed by atoms with Crippen molar-refractivity contribution >= 4 is 0 Å². The lowest BCUT2D eigenvalue weighted by molar-refractivity contribution is 0.0106. The second-order valence-corrected chi connectivity index (χ2v) is 2.99. The van der Waals surface area contributed by atoms with Crippen LogP contribution in [0.25, 0.3) is 0 Å². The molecule has 0 rings (SSSR count). The van der Waals surface area contributed by atoms with Gasteiger partial charge >= 0.3 is 0 Å². The van der Waals surface area contributed by atoms with E-state index in [0.29, 0.717) is 39.6 Å². The third kappa shape index (κ3) is 25.8. The van der Waals surface area contributed by atoms with Gasteiger partial charge < -0.3 is 23.7 Å². The zero-order chi connectivity index (χ0) is 13.2. The van der Waals surface area contributed by atoms with Gasteiger partial charge in [-0.3, -0.25) is 0 Å². The summed E-state index contributed by atoms with van der Waals surface area (Å²) in [6, 6.07) is 0. The highest BCUT2D eigenvalue weighted by molar-refractivity contribution is 4.32. The molecule has 0 aromatic carbocycles. The summed E-state index contributed by atoms with van der Waals surface area (Å²) in [6.07, 6.45) is 0. The van der Waals surface area contributed by atoms with Crippen LogP contribution in [0, 0.1) is 0 Å². The maximum absolute atomic E-state index is 5.16. The van der Waals surface area contributed by atoms with Crippen molar-refractivity contribution in [1.82, 2.24) is 0 Å². The first-order valence-electron chi connectivity index (χ1n) is 6.04. The molecule has 0 aliphatic carbocycles. The van der Waals surface area contributed by atoms with Gasteiger partial charge in [0.2, 0.25) is 0 Å². The van der Waals surface area contributed by atoms with E-state index in [1.165, 1.54) is 0 Å². The number of hydrogen-bond acceptors (Lipinski definition) is 5. The molecule has 0 heterocycles. The highest BCUT2D eigenvalue weighted by Crippen LogP contribution is 1.79. The van der Waals surface area contributed by atoms with Crippen molar-refractivity contribution in [3.63, 3.8) is 0 Å². The molecule has 0 saturated carbocycles. The molecule has 0 aromatic heterocycles. The minimum atomic E-state index is 0.618. The highest BCUT2D eigenvalue weighted by atomic mass is 16.5. The van der Waals surface area contributed by atoms with Crippen LogP contribution in [0.4, 0.5) is 0 Å². The van der Waals surface area contributed by atoms with Crippen LogP contribution in [0.1, 0.15) is 13.8 Å². The quantitative estimate of drug-likeness (QED) is 0.520. The van der Waals surface area contributed by atoms with Crippen molar-refractivity contribution < 1.29 is 23.7 Å². The Balaban J connectivity index is 0. The Morgan fingerprint density at radius 2 is 0.882 bits per heavy atom. The molecule has 106 valence electrons. The lowest BCUT2D eigenvalue weighted by Crippen LogP contribution is -2.10. The first-order chi connectivity index (χ1) is 8.33. The van der Waals surface area contributed by atoms with Gasteiger partial charge in [-0.15, -0.1) is 0 Å². The van der Waals surface area contributed by atoms with E-state index in [1.54, 1.807) is 14.2 Å². The first kappa shape index (κ1) is 19.1. The molecule has 0 bridgehead atoms. The van der Waals surface area contributed by atoms with Gasteiger partial charge in [0.1, 0.15) is 0 Å². The maximum Gasteiger partial charge on any atom is 0.0701 e. The van der Waals surface area contributed by atoms with Crippen LogP contribution in [0.2, 0.25) is 0 Å². The molecule has 0 radical (unpaired) electrons. The van der Waals surface area contributed by atoms with Crippen LogP contribution in [0.15, 0.2) is 0 Å². The Morgan fingerprint density at radius 3 is 1.12 bits per heavy atom. The average Bonchev–Trinajstić information content (AvgIpc) is 2.34. The van der Waals surface area contributed by atoms with E-state index in [1.807, 2.05) is 13.8 Å². The molecule has 0 atom stereocenters. The molecule has 0 N–H and O–H groups in total. The predicted octanol–water partition coefficient (Wildman–Crippen LogP) is 1.36. The fourth-order valence-electron chi connectivity index (χ4n) is 0.811. The lowest BCUT2D eigenvalue weighted by atomic mass is 10.7. The molecule has 0 aliphatic heterocycles. The summed E-state index contributed by atoms with van der Waals surface area (Å²) in [4.78, 5) is 0. The molecule has 0 amide bonds. The third-order valence-electron chi connectivity index (χ3n) is 1.64. The SMILES string of the molecule is CCOCC.COCCOCCOCCOC. The zero-order valence-corrected chi connectivity index (χ0v) is 11.7. The monoisotopic (exact) mass is 252 g/mol. The predicted molar refractivity (Wildman–Crippen MR) is 67.6 cm³/mol. The van der Waals surface area contributed by atoms with E-state index in [-0.39, 0.29) is 0 Å². The van der Waals surface area contributed by atoms with Crippen molar-refractivity contribution in [2.45, 2.75) is 13.8 Å². The summed E-state index contributed by atoms with van der Waals surface area (Å²) in [6.45, 7) is 9.44. The van der Waals surface area contributed by atoms with Crippen LogP contribution >= 0.6 is 0 Å². The van der Waals surface area contributed by atoms with Gasteiger partial charge in [0.25, 0.3) is 0 Å². The Labute approximate surface area is 105 Å². The molecule has 0 aromatic rings. The largest absolute Gasteiger partial charge is 0.382 e. The van der Waals surface area contributed by atoms with Crippen LogP contribution in [0.5, 0.6) is 0 Å². The second kappa shape index (κ2) is 21.1. The summed E-state index contributed by atoms with van der Waals surface area (Å²) in [7, 11) is 3.30. The molecular weight excluding hydrogens is 224 g/mol. The van der Waals surface area contributed by atoms with Crippen LogP contribution in [-0.4, -0.2) is 67.1 Å². The van der Waals surface area contributed by atoms with Gasteiger partial charge in [0.15, 0.2) is 0 Å². The minimum Gasteiger partial charge on any atom is -0.382 e. The molecule has 0 spiro atoms. The normalized spacial score (nSPS) is 9.88. The molecular formula is C12H28O5. The maximum atomic E-state index is 5.16. The number of hydrogen-bond donors (Lipinski definition) is 0. The minimum absolute atomic E-state index is 0.618. The van der Waals surface area contributed by atoms with E-state index < -0.39 is 0 Å². The Kier molecular flexibility index (Phi) is 23.8. The molecule has 0 aliphatic rings. The van der Waals surface area contributed by atoms with Gasteiger partial charge in [0.05, 0.1) is 39.6 Å². The Bertz CT molecular complexity index is 99.1. The van der Waals surface area contributed by atoms with E-state index >= 15 is 0 Å². The van der Waals surface area contributed by atoms with Crippen LogP contribution in [-0.2, 0) is 23.7 Å². The Hall–Kier alpha value is -0.200. The zero-order valence-electron chi connectivity index (χ0n) is 11.7. The number of methoxy groups -OCH3 is 2. The van der Waals surface area contributed by atoms with Gasteiger partial charge in [-0.2, -0.15) is 0 Å². The van der Waals surface area contributed by atoms with E-state index in [9.17, 15) is 0 Å². The fraction of sp³-hybridized carbons (Fsp3) is 1.00. The van der Waals surface area contributed by atoms with Crippen molar-refractivity contribution in [2.75, 3.05) is 67.1 Å². The average molecular weight is 252 g/mol. The first-order valence-corrected chi connectivity index (χ1v) is 6.04. The smallest absolute Gasteiger partial charge is 0.0701 e. The molecule has 0 unspecified atom stereocenters. The van der Waals surface area contributed by atoms with E-state index in [2.05, 4.69) is 0 Å². The van der Waals surface area contributed by atoms with Crippen molar-refractivity contribution in [3.8, 4) is 0 Å². The molecule has 0 fully saturated rings. The lowest BCUT2D eigenvalue weighted by Gasteiger charge is -2.04. The third-order valence-corrected chi connectivity index (χ3v) is 1.64. The molecule has 0 saturated heterocycles. The van der Waals surface area contributed by atoms with Gasteiger partial charge in [-0.1, -0.05) is 0 Å². The van der Waals surface area contributed by atoms with Crippen LogP contribution in [0.3, 0.4) is 0 Å². The number of ether oxygens (including phenoxy) is 5. The summed E-state index contributed by atoms with van der Waals surface area (Å²) < 4.78 is 24.8. The highest BCUT2D eigenvalue weighted by Gasteiger charge is 1.88. The van der Waals surface area contributed by atoms with Crippen molar-refractivity contribution in [3.05, 3.63) is 0 Å². The summed E-state index contributed by atoms with van der Waals surface area (Å²) in [5.74, 6) is 0. The van der Waals surface area contributed by atoms with E-state index in [0.717, 1.165) is 13.2 Å². The van der Waals surface area contributed by atoms with E-state index in [4.69, 9.17) is 23.7 Å². The fourth-order valence-corrected chi connectivity index (χ4v) is 0.811. The molecule has 5 heteroatoms. The van der Waals surface area contributed by atoms with Gasteiger partial charge in [0, 0.05) is 27.4 Å². The summed E-state index contributed by atoms with van der Waals surface area (Å²) in [5.41, 5.74) is 0.